The fourth-order valence-electron chi connectivity index (χ4n) is 3.12. The third-order valence-electron chi connectivity index (χ3n) is 4.29. The van der Waals surface area contributed by atoms with Crippen LogP contribution < -0.4 is 5.32 Å². The van der Waals surface area contributed by atoms with Gasteiger partial charge in [0.1, 0.15) is 5.82 Å². The Kier molecular flexibility index (Phi) is 4.45. The van der Waals surface area contributed by atoms with Gasteiger partial charge in [0.25, 0.3) is 0 Å². The molecule has 2 aromatic rings. The molecule has 0 fully saturated rings. The molecule has 1 aliphatic heterocycles. The number of benzene rings is 1. The molecule has 2 heterocycles. The lowest BCUT2D eigenvalue weighted by atomic mass is 9.99. The van der Waals surface area contributed by atoms with Gasteiger partial charge in [0, 0.05) is 30.5 Å². The highest BCUT2D eigenvalue weighted by molar-refractivity contribution is 5.79. The Morgan fingerprint density at radius 3 is 2.75 bits per heavy atom. The Hall–Kier alpha value is -2.14. The molecule has 0 spiro atoms. The van der Waals surface area contributed by atoms with Gasteiger partial charge in [0.15, 0.2) is 0 Å². The normalized spacial score (nSPS) is 17.7. The molecule has 1 unspecified atom stereocenters. The Labute approximate surface area is 142 Å². The number of nitrogens with zero attached hydrogens (tertiary/aromatic N) is 2. The van der Waals surface area contributed by atoms with Crippen LogP contribution in [0.5, 0.6) is 0 Å². The van der Waals surface area contributed by atoms with E-state index in [1.807, 2.05) is 50.1 Å². The minimum absolute atomic E-state index is 0.0339. The SMILES string of the molecule is CC(C)(C)NCC(=O)N1CCn2cccc2C1c1cccc(F)c1. The zero-order valence-electron chi connectivity index (χ0n) is 14.4. The number of carbonyl (C=O) groups is 1. The Morgan fingerprint density at radius 2 is 2.04 bits per heavy atom. The average molecular weight is 329 g/mol. The van der Waals surface area contributed by atoms with E-state index in [1.165, 1.54) is 12.1 Å². The summed E-state index contributed by atoms with van der Waals surface area (Å²) in [6, 6.07) is 10.3. The number of fused-ring (bicyclic) bond motifs is 1. The summed E-state index contributed by atoms with van der Waals surface area (Å²) in [7, 11) is 0. The van der Waals surface area contributed by atoms with Crippen molar-refractivity contribution in [3.8, 4) is 0 Å². The number of aromatic nitrogens is 1. The molecular weight excluding hydrogens is 305 g/mol. The van der Waals surface area contributed by atoms with Gasteiger partial charge in [-0.05, 0) is 50.6 Å². The molecule has 5 heteroatoms. The van der Waals surface area contributed by atoms with Crippen LogP contribution in [0.2, 0.25) is 0 Å². The summed E-state index contributed by atoms with van der Waals surface area (Å²) in [5, 5.41) is 3.25. The molecule has 1 aromatic heterocycles. The maximum Gasteiger partial charge on any atom is 0.237 e. The highest BCUT2D eigenvalue weighted by Gasteiger charge is 2.32. The van der Waals surface area contributed by atoms with E-state index in [2.05, 4.69) is 9.88 Å². The van der Waals surface area contributed by atoms with E-state index in [-0.39, 0.29) is 29.8 Å². The van der Waals surface area contributed by atoms with Crippen molar-refractivity contribution in [2.45, 2.75) is 38.9 Å². The van der Waals surface area contributed by atoms with Crippen LogP contribution in [0, 0.1) is 5.82 Å². The van der Waals surface area contributed by atoms with E-state index in [9.17, 15) is 9.18 Å². The van der Waals surface area contributed by atoms with E-state index in [0.29, 0.717) is 6.54 Å². The second kappa shape index (κ2) is 6.40. The van der Waals surface area contributed by atoms with Crippen molar-refractivity contribution in [1.29, 1.82) is 0 Å². The van der Waals surface area contributed by atoms with Gasteiger partial charge >= 0.3 is 0 Å². The molecule has 0 aliphatic carbocycles. The Bertz CT molecular complexity index is 732. The number of hydrogen-bond acceptors (Lipinski definition) is 2. The first-order valence-electron chi connectivity index (χ1n) is 8.30. The molecule has 3 rings (SSSR count). The minimum atomic E-state index is -0.281. The molecule has 1 aliphatic rings. The van der Waals surface area contributed by atoms with Crippen molar-refractivity contribution in [1.82, 2.24) is 14.8 Å². The van der Waals surface area contributed by atoms with E-state index in [4.69, 9.17) is 0 Å². The number of halogens is 1. The molecular formula is C19H24FN3O. The standard InChI is InChI=1S/C19H24FN3O/c1-19(2,3)21-13-17(24)23-11-10-22-9-5-8-16(22)18(23)14-6-4-7-15(20)12-14/h4-9,12,18,21H,10-11,13H2,1-3H3. The summed E-state index contributed by atoms with van der Waals surface area (Å²) in [6.07, 6.45) is 2.01. The minimum Gasteiger partial charge on any atom is -0.348 e. The molecule has 1 N–H and O–H groups in total. The smallest absolute Gasteiger partial charge is 0.237 e. The first-order chi connectivity index (χ1) is 11.3. The molecule has 0 saturated carbocycles. The van der Waals surface area contributed by atoms with Crippen LogP contribution in [0.25, 0.3) is 0 Å². The van der Waals surface area contributed by atoms with E-state index in [1.54, 1.807) is 6.07 Å². The van der Waals surface area contributed by atoms with Gasteiger partial charge in [-0.1, -0.05) is 12.1 Å². The van der Waals surface area contributed by atoms with Crippen LogP contribution >= 0.6 is 0 Å². The van der Waals surface area contributed by atoms with E-state index >= 15 is 0 Å². The number of rotatable bonds is 3. The fourth-order valence-corrected chi connectivity index (χ4v) is 3.12. The van der Waals surface area contributed by atoms with Crippen LogP contribution in [0.15, 0.2) is 42.6 Å². The summed E-state index contributed by atoms with van der Waals surface area (Å²) >= 11 is 0. The van der Waals surface area contributed by atoms with Crippen molar-refractivity contribution in [2.75, 3.05) is 13.1 Å². The lowest BCUT2D eigenvalue weighted by Gasteiger charge is -2.38. The van der Waals surface area contributed by atoms with E-state index < -0.39 is 0 Å². The first kappa shape index (κ1) is 16.7. The first-order valence-corrected chi connectivity index (χ1v) is 8.30. The van der Waals surface area contributed by atoms with Crippen molar-refractivity contribution >= 4 is 5.91 Å². The predicted molar refractivity (Wildman–Crippen MR) is 92.1 cm³/mol. The van der Waals surface area contributed by atoms with Crippen LogP contribution in [0.3, 0.4) is 0 Å². The lowest BCUT2D eigenvalue weighted by Crippen LogP contribution is -2.49. The molecule has 0 radical (unpaired) electrons. The summed E-state index contributed by atoms with van der Waals surface area (Å²) in [4.78, 5) is 14.7. The summed E-state index contributed by atoms with van der Waals surface area (Å²) < 4.78 is 15.9. The molecule has 0 bridgehead atoms. The highest BCUT2D eigenvalue weighted by atomic mass is 19.1. The number of nitrogens with one attached hydrogen (secondary N) is 1. The molecule has 1 atom stereocenters. The maximum absolute atomic E-state index is 13.7. The number of carbonyl (C=O) groups excluding carboxylic acids is 1. The third-order valence-corrected chi connectivity index (χ3v) is 4.29. The van der Waals surface area contributed by atoms with Gasteiger partial charge in [-0.25, -0.2) is 4.39 Å². The molecule has 128 valence electrons. The molecule has 24 heavy (non-hydrogen) atoms. The van der Waals surface area contributed by atoms with Gasteiger partial charge in [-0.3, -0.25) is 4.79 Å². The van der Waals surface area contributed by atoms with Crippen molar-refractivity contribution < 1.29 is 9.18 Å². The summed E-state index contributed by atoms with van der Waals surface area (Å²) in [5.74, 6) is -0.247. The molecule has 4 nitrogen and oxygen atoms in total. The largest absolute Gasteiger partial charge is 0.348 e. The number of hydrogen-bond donors (Lipinski definition) is 1. The van der Waals surface area contributed by atoms with Crippen LogP contribution in [-0.4, -0.2) is 34.0 Å². The fraction of sp³-hybridized carbons (Fsp3) is 0.421. The Balaban J connectivity index is 1.92. The second-order valence-electron chi connectivity index (χ2n) is 7.27. The summed E-state index contributed by atoms with van der Waals surface area (Å²) in [5.41, 5.74) is 1.70. The van der Waals surface area contributed by atoms with Gasteiger partial charge in [-0.2, -0.15) is 0 Å². The zero-order chi connectivity index (χ0) is 17.3. The Morgan fingerprint density at radius 1 is 1.25 bits per heavy atom. The molecule has 0 saturated heterocycles. The predicted octanol–water partition coefficient (Wildman–Crippen LogP) is 2.95. The topological polar surface area (TPSA) is 37.3 Å². The average Bonchev–Trinajstić information content (AvgIpc) is 2.99. The third kappa shape index (κ3) is 3.51. The van der Waals surface area contributed by atoms with Crippen LogP contribution in [0.1, 0.15) is 38.1 Å². The molecule has 1 amide bonds. The van der Waals surface area contributed by atoms with Crippen molar-refractivity contribution in [3.05, 3.63) is 59.7 Å². The second-order valence-corrected chi connectivity index (χ2v) is 7.27. The summed E-state index contributed by atoms with van der Waals surface area (Å²) in [6.45, 7) is 7.75. The van der Waals surface area contributed by atoms with Crippen LogP contribution in [0.4, 0.5) is 4.39 Å². The van der Waals surface area contributed by atoms with Gasteiger partial charge in [-0.15, -0.1) is 0 Å². The lowest BCUT2D eigenvalue weighted by molar-refractivity contribution is -0.133. The maximum atomic E-state index is 13.7. The zero-order valence-corrected chi connectivity index (χ0v) is 14.4. The van der Waals surface area contributed by atoms with Crippen LogP contribution in [-0.2, 0) is 11.3 Å². The van der Waals surface area contributed by atoms with Crippen molar-refractivity contribution in [2.24, 2.45) is 0 Å². The monoisotopic (exact) mass is 329 g/mol. The van der Waals surface area contributed by atoms with Gasteiger partial charge in [0.2, 0.25) is 5.91 Å². The number of amides is 1. The van der Waals surface area contributed by atoms with Gasteiger partial charge < -0.3 is 14.8 Å². The highest BCUT2D eigenvalue weighted by Crippen LogP contribution is 2.32. The molecule has 1 aromatic carbocycles. The quantitative estimate of drug-likeness (QED) is 0.940. The van der Waals surface area contributed by atoms with Crippen molar-refractivity contribution in [3.63, 3.8) is 0 Å². The van der Waals surface area contributed by atoms with E-state index in [0.717, 1.165) is 17.8 Å². The van der Waals surface area contributed by atoms with Gasteiger partial charge in [0.05, 0.1) is 12.6 Å².